The van der Waals surface area contributed by atoms with Gasteiger partial charge in [-0.2, -0.15) is 5.26 Å². The first-order valence-electron chi connectivity index (χ1n) is 10.3. The lowest BCUT2D eigenvalue weighted by Crippen LogP contribution is -2.15. The highest BCUT2D eigenvalue weighted by molar-refractivity contribution is 7.99. The minimum absolute atomic E-state index is 0.0342. The van der Waals surface area contributed by atoms with Crippen LogP contribution in [0.3, 0.4) is 0 Å². The van der Waals surface area contributed by atoms with Crippen LogP contribution < -0.4 is 10.1 Å². The topological polar surface area (TPSA) is 136 Å². The predicted octanol–water partition coefficient (Wildman–Crippen LogP) is 4.36. The number of nitrogens with one attached hydrogen (secondary N) is 1. The zero-order valence-corrected chi connectivity index (χ0v) is 19.0. The van der Waals surface area contributed by atoms with Crippen LogP contribution in [-0.4, -0.2) is 31.3 Å². The van der Waals surface area contributed by atoms with E-state index in [9.17, 15) is 14.9 Å². The second-order valence-electron chi connectivity index (χ2n) is 7.11. The molecule has 0 atom stereocenters. The van der Waals surface area contributed by atoms with Gasteiger partial charge in [-0.15, -0.1) is 10.2 Å². The van der Waals surface area contributed by atoms with E-state index in [0.717, 1.165) is 17.4 Å². The van der Waals surface area contributed by atoms with Crippen LogP contribution in [0.4, 0.5) is 11.4 Å². The highest BCUT2D eigenvalue weighted by Crippen LogP contribution is 2.26. The summed E-state index contributed by atoms with van der Waals surface area (Å²) in [5.41, 5.74) is 1.27. The van der Waals surface area contributed by atoms with E-state index in [-0.39, 0.29) is 23.7 Å². The zero-order chi connectivity index (χ0) is 24.6. The summed E-state index contributed by atoms with van der Waals surface area (Å²) in [6.45, 7) is 0.108. The first kappa shape index (κ1) is 23.5. The molecule has 0 aliphatic heterocycles. The van der Waals surface area contributed by atoms with Crippen LogP contribution in [0.2, 0.25) is 0 Å². The minimum atomic E-state index is -0.547. The van der Waals surface area contributed by atoms with Crippen molar-refractivity contribution in [2.24, 2.45) is 0 Å². The van der Waals surface area contributed by atoms with Crippen LogP contribution >= 0.6 is 11.8 Å². The van der Waals surface area contributed by atoms with Gasteiger partial charge >= 0.3 is 0 Å². The van der Waals surface area contributed by atoms with Crippen molar-refractivity contribution in [1.82, 2.24) is 14.8 Å². The van der Waals surface area contributed by atoms with Crippen molar-refractivity contribution in [1.29, 1.82) is 5.26 Å². The summed E-state index contributed by atoms with van der Waals surface area (Å²) in [4.78, 5) is 23.2. The van der Waals surface area contributed by atoms with E-state index in [1.165, 1.54) is 18.2 Å². The summed E-state index contributed by atoms with van der Waals surface area (Å²) in [6, 6.07) is 24.1. The SMILES string of the molecule is N#Cc1ccc(OCc2nnc(SCC(=O)Nc3ccccc3[N+](=O)[O-])n2-c2ccccc2)cc1. The number of aromatic nitrogens is 3. The van der Waals surface area contributed by atoms with Crippen molar-refractivity contribution < 1.29 is 14.5 Å². The minimum Gasteiger partial charge on any atom is -0.486 e. The number of hydrogen-bond donors (Lipinski definition) is 1. The lowest BCUT2D eigenvalue weighted by atomic mass is 10.2. The van der Waals surface area contributed by atoms with Crippen LogP contribution in [0.15, 0.2) is 84.0 Å². The molecule has 1 N–H and O–H groups in total. The number of nitro benzene ring substituents is 1. The average Bonchev–Trinajstić information content (AvgIpc) is 3.30. The molecule has 0 radical (unpaired) electrons. The van der Waals surface area contributed by atoms with Gasteiger partial charge in [0.1, 0.15) is 18.0 Å². The molecular formula is C24H18N6O4S. The molecular weight excluding hydrogens is 468 g/mol. The number of nitro groups is 1. The number of nitrogens with zero attached hydrogens (tertiary/aromatic N) is 5. The molecule has 0 unspecified atom stereocenters. The lowest BCUT2D eigenvalue weighted by molar-refractivity contribution is -0.383. The second kappa shape index (κ2) is 11.0. The third-order valence-corrected chi connectivity index (χ3v) is 5.70. The monoisotopic (exact) mass is 486 g/mol. The molecule has 1 heterocycles. The van der Waals surface area contributed by atoms with Gasteiger partial charge in [0.05, 0.1) is 22.3 Å². The maximum atomic E-state index is 12.5. The summed E-state index contributed by atoms with van der Waals surface area (Å²) >= 11 is 1.15. The van der Waals surface area contributed by atoms with Crippen molar-refractivity contribution in [3.63, 3.8) is 0 Å². The molecule has 1 aromatic heterocycles. The third kappa shape index (κ3) is 5.82. The molecule has 0 fully saturated rings. The number of thioether (sulfide) groups is 1. The normalized spacial score (nSPS) is 10.4. The number of carbonyl (C=O) groups is 1. The average molecular weight is 487 g/mol. The molecule has 174 valence electrons. The maximum absolute atomic E-state index is 12.5. The predicted molar refractivity (Wildman–Crippen MR) is 129 cm³/mol. The summed E-state index contributed by atoms with van der Waals surface area (Å²) < 4.78 is 7.61. The summed E-state index contributed by atoms with van der Waals surface area (Å²) in [6.07, 6.45) is 0. The Balaban J connectivity index is 1.49. The Hall–Kier alpha value is -4.69. The Kier molecular flexibility index (Phi) is 7.34. The van der Waals surface area contributed by atoms with Gasteiger partial charge in [0.15, 0.2) is 11.0 Å². The molecule has 35 heavy (non-hydrogen) atoms. The molecule has 0 bridgehead atoms. The van der Waals surface area contributed by atoms with Crippen LogP contribution in [0.1, 0.15) is 11.4 Å². The van der Waals surface area contributed by atoms with E-state index in [0.29, 0.717) is 22.3 Å². The van der Waals surface area contributed by atoms with Crippen molar-refractivity contribution in [3.8, 4) is 17.5 Å². The molecule has 4 rings (SSSR count). The number of anilines is 1. The standard InChI is InChI=1S/C24H18N6O4S/c25-14-17-10-12-19(13-11-17)34-15-22-27-28-24(29(22)18-6-2-1-3-7-18)35-16-23(31)26-20-8-4-5-9-21(20)30(32)33/h1-13H,15-16H2,(H,26,31). The largest absolute Gasteiger partial charge is 0.486 e. The quantitative estimate of drug-likeness (QED) is 0.209. The van der Waals surface area contributed by atoms with Gasteiger partial charge < -0.3 is 10.1 Å². The van der Waals surface area contributed by atoms with E-state index in [1.807, 2.05) is 30.3 Å². The van der Waals surface area contributed by atoms with Gasteiger partial charge in [-0.1, -0.05) is 42.1 Å². The summed E-state index contributed by atoms with van der Waals surface area (Å²) in [7, 11) is 0. The van der Waals surface area contributed by atoms with Gasteiger partial charge in [-0.3, -0.25) is 19.5 Å². The Bertz CT molecular complexity index is 1380. The Morgan fingerprint density at radius 1 is 1.06 bits per heavy atom. The Morgan fingerprint density at radius 3 is 2.49 bits per heavy atom. The number of ether oxygens (including phenoxy) is 1. The summed E-state index contributed by atoms with van der Waals surface area (Å²) in [5.74, 6) is 0.641. The number of hydrogen-bond acceptors (Lipinski definition) is 8. The van der Waals surface area contributed by atoms with Gasteiger partial charge in [0.25, 0.3) is 5.69 Å². The highest BCUT2D eigenvalue weighted by Gasteiger charge is 2.18. The molecule has 10 nitrogen and oxygen atoms in total. The number of nitriles is 1. The fourth-order valence-electron chi connectivity index (χ4n) is 3.15. The van der Waals surface area contributed by atoms with E-state index in [1.54, 1.807) is 34.9 Å². The molecule has 4 aromatic rings. The van der Waals surface area contributed by atoms with Crippen molar-refractivity contribution >= 4 is 29.0 Å². The van der Waals surface area contributed by atoms with Crippen LogP contribution in [0, 0.1) is 21.4 Å². The van der Waals surface area contributed by atoms with Gasteiger partial charge in [-0.25, -0.2) is 0 Å². The number of benzene rings is 3. The van der Waals surface area contributed by atoms with Crippen LogP contribution in [-0.2, 0) is 11.4 Å². The number of amides is 1. The molecule has 1 amide bonds. The smallest absolute Gasteiger partial charge is 0.292 e. The number of para-hydroxylation sites is 3. The molecule has 11 heteroatoms. The summed E-state index contributed by atoms with van der Waals surface area (Å²) in [5, 5.41) is 31.6. The zero-order valence-electron chi connectivity index (χ0n) is 18.2. The van der Waals surface area contributed by atoms with Crippen LogP contribution in [0.25, 0.3) is 5.69 Å². The lowest BCUT2D eigenvalue weighted by Gasteiger charge is -2.11. The van der Waals surface area contributed by atoms with E-state index < -0.39 is 10.8 Å². The molecule has 3 aromatic carbocycles. The maximum Gasteiger partial charge on any atom is 0.292 e. The first-order valence-corrected chi connectivity index (χ1v) is 11.3. The van der Waals surface area contributed by atoms with Crippen molar-refractivity contribution in [3.05, 3.63) is 100 Å². The van der Waals surface area contributed by atoms with E-state index in [4.69, 9.17) is 10.00 Å². The van der Waals surface area contributed by atoms with E-state index in [2.05, 4.69) is 21.6 Å². The Morgan fingerprint density at radius 2 is 1.77 bits per heavy atom. The molecule has 0 saturated heterocycles. The third-order valence-electron chi connectivity index (χ3n) is 4.77. The van der Waals surface area contributed by atoms with Crippen LogP contribution in [0.5, 0.6) is 5.75 Å². The van der Waals surface area contributed by atoms with Crippen molar-refractivity contribution in [2.45, 2.75) is 11.8 Å². The highest BCUT2D eigenvalue weighted by atomic mass is 32.2. The molecule has 0 aliphatic carbocycles. The number of carbonyl (C=O) groups excluding carboxylic acids is 1. The van der Waals surface area contributed by atoms with E-state index >= 15 is 0 Å². The fourth-order valence-corrected chi connectivity index (χ4v) is 3.92. The van der Waals surface area contributed by atoms with Gasteiger partial charge in [-0.05, 0) is 42.5 Å². The molecule has 0 aliphatic rings. The van der Waals surface area contributed by atoms with Crippen molar-refractivity contribution in [2.75, 3.05) is 11.1 Å². The number of rotatable bonds is 9. The fraction of sp³-hybridized carbons (Fsp3) is 0.0833. The molecule has 0 saturated carbocycles. The van der Waals surface area contributed by atoms with Gasteiger partial charge in [0.2, 0.25) is 5.91 Å². The Labute approximate surface area is 204 Å². The van der Waals surface area contributed by atoms with Gasteiger partial charge in [0, 0.05) is 11.8 Å². The molecule has 0 spiro atoms. The second-order valence-corrected chi connectivity index (χ2v) is 8.05. The first-order chi connectivity index (χ1) is 17.0.